The Bertz CT molecular complexity index is 333. The van der Waals surface area contributed by atoms with Crippen molar-refractivity contribution in [3.8, 4) is 0 Å². The topological polar surface area (TPSA) is 49.4 Å². The first kappa shape index (κ1) is 15.9. The molecule has 0 radical (unpaired) electrons. The number of unbranched alkanes of at least 4 members (excludes halogenated alkanes) is 1. The third kappa shape index (κ3) is 4.52. The zero-order valence-electron chi connectivity index (χ0n) is 12.0. The molecule has 0 amide bonds. The van der Waals surface area contributed by atoms with Gasteiger partial charge in [-0.15, -0.1) is 0 Å². The lowest BCUT2D eigenvalue weighted by atomic mass is 9.81. The van der Waals surface area contributed by atoms with Gasteiger partial charge in [0, 0.05) is 12.1 Å². The quantitative estimate of drug-likeness (QED) is 0.773. The average molecular weight is 276 g/mol. The summed E-state index contributed by atoms with van der Waals surface area (Å²) in [4.78, 5) is 2.20. The molecule has 0 aromatic rings. The van der Waals surface area contributed by atoms with E-state index in [2.05, 4.69) is 23.7 Å². The molecule has 0 aromatic carbocycles. The summed E-state index contributed by atoms with van der Waals surface area (Å²) in [5, 5.41) is 0. The molecule has 1 saturated carbocycles. The Labute approximate surface area is 112 Å². The summed E-state index contributed by atoms with van der Waals surface area (Å²) < 4.78 is 26.6. The molecule has 0 heterocycles. The molecule has 1 N–H and O–H groups in total. The van der Waals surface area contributed by atoms with Crippen molar-refractivity contribution in [1.82, 2.24) is 9.62 Å². The average Bonchev–Trinajstić information content (AvgIpc) is 2.35. The minimum atomic E-state index is -3.09. The first-order valence-electron chi connectivity index (χ1n) is 7.07. The largest absolute Gasteiger partial charge is 0.302 e. The Morgan fingerprint density at radius 2 is 1.78 bits per heavy atom. The van der Waals surface area contributed by atoms with Gasteiger partial charge >= 0.3 is 0 Å². The SMILES string of the molecule is CCCCS(=O)(=O)NCC1(N(C)C)CCCCC1. The van der Waals surface area contributed by atoms with Crippen molar-refractivity contribution >= 4 is 10.0 Å². The highest BCUT2D eigenvalue weighted by Crippen LogP contribution is 2.31. The Hall–Kier alpha value is -0.130. The molecule has 0 atom stereocenters. The Kier molecular flexibility index (Phi) is 6.08. The van der Waals surface area contributed by atoms with E-state index in [4.69, 9.17) is 0 Å². The molecule has 5 heteroatoms. The van der Waals surface area contributed by atoms with Crippen LogP contribution in [0.15, 0.2) is 0 Å². The minimum Gasteiger partial charge on any atom is -0.302 e. The van der Waals surface area contributed by atoms with E-state index in [1.54, 1.807) is 0 Å². The molecule has 108 valence electrons. The third-order valence-electron chi connectivity index (χ3n) is 4.12. The smallest absolute Gasteiger partial charge is 0.211 e. The van der Waals surface area contributed by atoms with Crippen molar-refractivity contribution in [2.75, 3.05) is 26.4 Å². The normalized spacial score (nSPS) is 20.2. The maximum Gasteiger partial charge on any atom is 0.211 e. The second-order valence-corrected chi connectivity index (χ2v) is 7.60. The van der Waals surface area contributed by atoms with Crippen molar-refractivity contribution in [2.45, 2.75) is 57.4 Å². The molecular weight excluding hydrogens is 248 g/mol. The second-order valence-electron chi connectivity index (χ2n) is 5.67. The van der Waals surface area contributed by atoms with Crippen LogP contribution in [0.1, 0.15) is 51.9 Å². The fourth-order valence-corrected chi connectivity index (χ4v) is 3.94. The van der Waals surface area contributed by atoms with Crippen LogP contribution in [0.2, 0.25) is 0 Å². The molecule has 0 spiro atoms. The van der Waals surface area contributed by atoms with Crippen LogP contribution in [0.3, 0.4) is 0 Å². The lowest BCUT2D eigenvalue weighted by Gasteiger charge is -2.43. The van der Waals surface area contributed by atoms with Crippen LogP contribution in [-0.4, -0.2) is 45.2 Å². The van der Waals surface area contributed by atoms with Crippen LogP contribution < -0.4 is 4.72 Å². The van der Waals surface area contributed by atoms with Gasteiger partial charge in [-0.25, -0.2) is 13.1 Å². The summed E-state index contributed by atoms with van der Waals surface area (Å²) in [5.74, 6) is 0.257. The molecule has 4 nitrogen and oxygen atoms in total. The van der Waals surface area contributed by atoms with E-state index >= 15 is 0 Å². The van der Waals surface area contributed by atoms with Crippen molar-refractivity contribution in [3.63, 3.8) is 0 Å². The van der Waals surface area contributed by atoms with Gasteiger partial charge < -0.3 is 4.90 Å². The van der Waals surface area contributed by atoms with Crippen LogP contribution >= 0.6 is 0 Å². The third-order valence-corrected chi connectivity index (χ3v) is 5.53. The molecule has 0 aliphatic heterocycles. The van der Waals surface area contributed by atoms with Gasteiger partial charge in [0.05, 0.1) is 5.75 Å². The van der Waals surface area contributed by atoms with Gasteiger partial charge in [-0.3, -0.25) is 0 Å². The molecule has 1 rings (SSSR count). The number of hydrogen-bond acceptors (Lipinski definition) is 3. The lowest BCUT2D eigenvalue weighted by Crippen LogP contribution is -2.54. The Balaban J connectivity index is 2.57. The molecule has 1 aliphatic carbocycles. The van der Waals surface area contributed by atoms with Gasteiger partial charge in [-0.1, -0.05) is 32.6 Å². The van der Waals surface area contributed by atoms with E-state index < -0.39 is 10.0 Å². The zero-order valence-corrected chi connectivity index (χ0v) is 12.9. The van der Waals surface area contributed by atoms with Gasteiger partial charge in [0.15, 0.2) is 0 Å². The van der Waals surface area contributed by atoms with E-state index in [1.165, 1.54) is 19.3 Å². The fourth-order valence-electron chi connectivity index (χ4n) is 2.64. The second kappa shape index (κ2) is 6.87. The number of likely N-dealkylation sites (N-methyl/N-ethyl adjacent to an activating group) is 1. The van der Waals surface area contributed by atoms with E-state index in [0.29, 0.717) is 6.54 Å². The van der Waals surface area contributed by atoms with Crippen LogP contribution in [-0.2, 0) is 10.0 Å². The highest BCUT2D eigenvalue weighted by molar-refractivity contribution is 7.89. The van der Waals surface area contributed by atoms with Crippen molar-refractivity contribution < 1.29 is 8.42 Å². The summed E-state index contributed by atoms with van der Waals surface area (Å²) in [5.41, 5.74) is 0.0253. The lowest BCUT2D eigenvalue weighted by molar-refractivity contribution is 0.105. The van der Waals surface area contributed by atoms with E-state index in [-0.39, 0.29) is 11.3 Å². The van der Waals surface area contributed by atoms with Gasteiger partial charge in [0.2, 0.25) is 10.0 Å². The van der Waals surface area contributed by atoms with E-state index in [1.807, 2.05) is 6.92 Å². The molecule has 0 aromatic heterocycles. The van der Waals surface area contributed by atoms with Crippen molar-refractivity contribution in [3.05, 3.63) is 0 Å². The minimum absolute atomic E-state index is 0.0253. The summed E-state index contributed by atoms with van der Waals surface area (Å²) in [6, 6.07) is 0. The number of hydrogen-bond donors (Lipinski definition) is 1. The van der Waals surface area contributed by atoms with Gasteiger partial charge in [0.25, 0.3) is 0 Å². The summed E-state index contributed by atoms with van der Waals surface area (Å²) in [6.07, 6.45) is 7.53. The summed E-state index contributed by atoms with van der Waals surface area (Å²) in [6.45, 7) is 2.57. The van der Waals surface area contributed by atoms with E-state index in [9.17, 15) is 8.42 Å². The standard InChI is InChI=1S/C13H28N2O2S/c1-4-5-11-18(16,17)14-12-13(15(2)3)9-7-6-8-10-13/h14H,4-12H2,1-3H3. The van der Waals surface area contributed by atoms with Crippen LogP contribution in [0, 0.1) is 0 Å². The predicted molar refractivity (Wildman–Crippen MR) is 76.2 cm³/mol. The molecule has 0 saturated heterocycles. The molecule has 1 aliphatic rings. The first-order chi connectivity index (χ1) is 8.42. The number of rotatable bonds is 7. The maximum absolute atomic E-state index is 11.9. The van der Waals surface area contributed by atoms with Gasteiger partial charge in [0.1, 0.15) is 0 Å². The molecular formula is C13H28N2O2S. The van der Waals surface area contributed by atoms with Crippen LogP contribution in [0.5, 0.6) is 0 Å². The highest BCUT2D eigenvalue weighted by Gasteiger charge is 2.34. The van der Waals surface area contributed by atoms with Crippen molar-refractivity contribution in [2.24, 2.45) is 0 Å². The first-order valence-corrected chi connectivity index (χ1v) is 8.72. The highest BCUT2D eigenvalue weighted by atomic mass is 32.2. The molecule has 0 bridgehead atoms. The molecule has 0 unspecified atom stereocenters. The number of nitrogens with one attached hydrogen (secondary N) is 1. The summed E-state index contributed by atoms with van der Waals surface area (Å²) in [7, 11) is 1.03. The Morgan fingerprint density at radius 3 is 2.28 bits per heavy atom. The number of nitrogens with zero attached hydrogens (tertiary/aromatic N) is 1. The molecule has 18 heavy (non-hydrogen) atoms. The van der Waals surface area contributed by atoms with E-state index in [0.717, 1.165) is 25.7 Å². The van der Waals surface area contributed by atoms with Gasteiger partial charge in [-0.05, 0) is 33.4 Å². The monoisotopic (exact) mass is 276 g/mol. The van der Waals surface area contributed by atoms with Crippen molar-refractivity contribution in [1.29, 1.82) is 0 Å². The van der Waals surface area contributed by atoms with Crippen LogP contribution in [0.25, 0.3) is 0 Å². The predicted octanol–water partition coefficient (Wildman–Crippen LogP) is 1.97. The number of sulfonamides is 1. The fraction of sp³-hybridized carbons (Fsp3) is 1.00. The van der Waals surface area contributed by atoms with Crippen LogP contribution in [0.4, 0.5) is 0 Å². The maximum atomic E-state index is 11.9. The summed E-state index contributed by atoms with van der Waals surface area (Å²) >= 11 is 0. The van der Waals surface area contributed by atoms with Gasteiger partial charge in [-0.2, -0.15) is 0 Å². The zero-order chi connectivity index (χ0) is 13.6. The Morgan fingerprint density at radius 1 is 1.17 bits per heavy atom. The molecule has 1 fully saturated rings.